The van der Waals surface area contributed by atoms with Gasteiger partial charge in [0, 0.05) is 11.4 Å². The maximum absolute atomic E-state index is 13.3. The summed E-state index contributed by atoms with van der Waals surface area (Å²) < 4.78 is 22.0. The van der Waals surface area contributed by atoms with Crippen LogP contribution < -0.4 is 14.2 Å². The Labute approximate surface area is 163 Å². The Balaban J connectivity index is 1.71. The number of amides is 1. The second-order valence-corrected chi connectivity index (χ2v) is 6.97. The van der Waals surface area contributed by atoms with Gasteiger partial charge in [-0.1, -0.05) is 0 Å². The zero-order valence-electron chi connectivity index (χ0n) is 16.5. The monoisotopic (exact) mass is 384 g/mol. The van der Waals surface area contributed by atoms with Crippen molar-refractivity contribution in [1.29, 1.82) is 0 Å². The number of carbonyl (C=O) groups excluding carboxylic acids is 1. The van der Waals surface area contributed by atoms with Gasteiger partial charge in [0.2, 0.25) is 5.75 Å². The second-order valence-electron chi connectivity index (χ2n) is 6.97. The highest BCUT2D eigenvalue weighted by molar-refractivity contribution is 6.01. The van der Waals surface area contributed by atoms with Gasteiger partial charge in [-0.25, -0.2) is 0 Å². The van der Waals surface area contributed by atoms with Crippen LogP contribution in [0.4, 0.5) is 0 Å². The molecule has 1 amide bonds. The van der Waals surface area contributed by atoms with Gasteiger partial charge < -0.3 is 28.5 Å². The van der Waals surface area contributed by atoms with Crippen molar-refractivity contribution in [3.63, 3.8) is 0 Å². The number of nitrogens with zero attached hydrogens (tertiary/aromatic N) is 1. The zero-order chi connectivity index (χ0) is 19.8. The highest BCUT2D eigenvalue weighted by Gasteiger charge is 2.34. The normalized spacial score (nSPS) is 13.6. The smallest absolute Gasteiger partial charge is 0.270 e. The van der Waals surface area contributed by atoms with Crippen LogP contribution in [0, 0.1) is 6.92 Å². The summed E-state index contributed by atoms with van der Waals surface area (Å²) in [6.45, 7) is 2.36. The number of carbonyl (C=O) groups is 1. The van der Waals surface area contributed by atoms with Crippen LogP contribution >= 0.6 is 0 Å². The van der Waals surface area contributed by atoms with Gasteiger partial charge in [0.25, 0.3) is 5.91 Å². The lowest BCUT2D eigenvalue weighted by Gasteiger charge is -2.20. The van der Waals surface area contributed by atoms with E-state index in [1.54, 1.807) is 21.3 Å². The van der Waals surface area contributed by atoms with Gasteiger partial charge in [0.05, 0.1) is 33.4 Å². The first-order chi connectivity index (χ1) is 13.5. The quantitative estimate of drug-likeness (QED) is 0.669. The van der Waals surface area contributed by atoms with Gasteiger partial charge in [-0.3, -0.25) is 4.79 Å². The Hall–Kier alpha value is -3.09. The number of ether oxygens (including phenoxy) is 3. The number of aryl methyl sites for hydroxylation is 1. The third-order valence-corrected chi connectivity index (χ3v) is 5.02. The fourth-order valence-corrected chi connectivity index (χ4v) is 3.51. The molecular formula is C21H24N2O5. The van der Waals surface area contributed by atoms with Crippen LogP contribution in [0.2, 0.25) is 0 Å². The molecule has 0 atom stereocenters. The molecule has 7 heteroatoms. The fraction of sp³-hybridized carbons (Fsp3) is 0.381. The molecule has 0 spiro atoms. The van der Waals surface area contributed by atoms with E-state index in [0.29, 0.717) is 35.0 Å². The SMILES string of the molecule is COc1cc2cc(C(=O)N(Cc3ccc(C)o3)C3CC3)[nH]c2c(OC)c1OC. The number of furan rings is 1. The zero-order valence-corrected chi connectivity index (χ0v) is 16.5. The largest absolute Gasteiger partial charge is 0.493 e. The van der Waals surface area contributed by atoms with E-state index in [2.05, 4.69) is 4.98 Å². The van der Waals surface area contributed by atoms with Crippen LogP contribution in [-0.4, -0.2) is 43.2 Å². The first kappa shape index (κ1) is 18.3. The predicted molar refractivity (Wildman–Crippen MR) is 104 cm³/mol. The Bertz CT molecular complexity index is 1020. The van der Waals surface area contributed by atoms with E-state index in [1.807, 2.05) is 36.1 Å². The lowest BCUT2D eigenvalue weighted by atomic mass is 10.2. The van der Waals surface area contributed by atoms with E-state index < -0.39 is 0 Å². The molecule has 4 rings (SSSR count). The molecule has 7 nitrogen and oxygen atoms in total. The van der Waals surface area contributed by atoms with Crippen molar-refractivity contribution in [2.45, 2.75) is 32.4 Å². The molecule has 2 aromatic heterocycles. The number of methoxy groups -OCH3 is 3. The first-order valence-corrected chi connectivity index (χ1v) is 9.23. The van der Waals surface area contributed by atoms with Crippen molar-refractivity contribution in [1.82, 2.24) is 9.88 Å². The third-order valence-electron chi connectivity index (χ3n) is 5.02. The average molecular weight is 384 g/mol. The van der Waals surface area contributed by atoms with Crippen LogP contribution in [0.1, 0.15) is 34.9 Å². The summed E-state index contributed by atoms with van der Waals surface area (Å²) in [5, 5.41) is 0.822. The molecule has 0 aliphatic heterocycles. The average Bonchev–Trinajstić information content (AvgIpc) is 3.32. The van der Waals surface area contributed by atoms with Crippen LogP contribution in [-0.2, 0) is 6.54 Å². The Morgan fingerprint density at radius 2 is 1.89 bits per heavy atom. The number of aromatic amines is 1. The number of hydrogen-bond donors (Lipinski definition) is 1. The van der Waals surface area contributed by atoms with E-state index in [9.17, 15) is 4.79 Å². The van der Waals surface area contributed by atoms with Gasteiger partial charge in [-0.15, -0.1) is 0 Å². The molecule has 0 bridgehead atoms. The van der Waals surface area contributed by atoms with Gasteiger partial charge in [-0.05, 0) is 44.0 Å². The van der Waals surface area contributed by atoms with E-state index in [1.165, 1.54) is 0 Å². The Morgan fingerprint density at radius 1 is 1.14 bits per heavy atom. The number of rotatable bonds is 7. The summed E-state index contributed by atoms with van der Waals surface area (Å²) in [4.78, 5) is 18.3. The molecule has 28 heavy (non-hydrogen) atoms. The lowest BCUT2D eigenvalue weighted by molar-refractivity contribution is 0.0712. The van der Waals surface area contributed by atoms with Crippen molar-refractivity contribution in [3.05, 3.63) is 41.5 Å². The van der Waals surface area contributed by atoms with Gasteiger partial charge in [0.15, 0.2) is 11.5 Å². The predicted octanol–water partition coefficient (Wildman–Crippen LogP) is 3.90. The maximum atomic E-state index is 13.3. The number of nitrogens with one attached hydrogen (secondary N) is 1. The minimum atomic E-state index is -0.0623. The van der Waals surface area contributed by atoms with Crippen molar-refractivity contribution < 1.29 is 23.4 Å². The van der Waals surface area contributed by atoms with Crippen LogP contribution in [0.15, 0.2) is 28.7 Å². The standard InChI is InChI=1S/C21H24N2O5/c1-12-5-8-15(28-12)11-23(14-6-7-14)21(24)16-9-13-10-17(25-2)19(26-3)20(27-4)18(13)22-16/h5,8-10,14,22H,6-7,11H2,1-4H3. The summed E-state index contributed by atoms with van der Waals surface area (Å²) in [5.74, 6) is 3.12. The van der Waals surface area contributed by atoms with E-state index in [4.69, 9.17) is 18.6 Å². The molecular weight excluding hydrogens is 360 g/mol. The van der Waals surface area contributed by atoms with E-state index in [-0.39, 0.29) is 11.9 Å². The molecule has 0 radical (unpaired) electrons. The van der Waals surface area contributed by atoms with Gasteiger partial charge in [-0.2, -0.15) is 0 Å². The number of benzene rings is 1. The highest BCUT2D eigenvalue weighted by Crippen LogP contribution is 2.43. The highest BCUT2D eigenvalue weighted by atomic mass is 16.5. The molecule has 1 aliphatic carbocycles. The minimum absolute atomic E-state index is 0.0623. The maximum Gasteiger partial charge on any atom is 0.270 e. The topological polar surface area (TPSA) is 76.9 Å². The summed E-state index contributed by atoms with van der Waals surface area (Å²) in [6.07, 6.45) is 2.02. The number of aromatic nitrogens is 1. The number of H-pyrrole nitrogens is 1. The van der Waals surface area contributed by atoms with Crippen molar-refractivity contribution in [2.75, 3.05) is 21.3 Å². The summed E-state index contributed by atoms with van der Waals surface area (Å²) in [5.41, 5.74) is 1.20. The molecule has 1 aromatic carbocycles. The summed E-state index contributed by atoms with van der Waals surface area (Å²) in [6, 6.07) is 7.74. The van der Waals surface area contributed by atoms with Crippen molar-refractivity contribution in [3.8, 4) is 17.2 Å². The minimum Gasteiger partial charge on any atom is -0.493 e. The van der Waals surface area contributed by atoms with Crippen molar-refractivity contribution >= 4 is 16.8 Å². The molecule has 1 saturated carbocycles. The van der Waals surface area contributed by atoms with Gasteiger partial charge >= 0.3 is 0 Å². The first-order valence-electron chi connectivity index (χ1n) is 9.23. The lowest BCUT2D eigenvalue weighted by Crippen LogP contribution is -2.32. The molecule has 1 fully saturated rings. The summed E-state index contributed by atoms with van der Waals surface area (Å²) >= 11 is 0. The molecule has 2 heterocycles. The Morgan fingerprint density at radius 3 is 2.46 bits per heavy atom. The third kappa shape index (κ3) is 3.17. The van der Waals surface area contributed by atoms with Crippen LogP contribution in [0.3, 0.4) is 0 Å². The molecule has 3 aromatic rings. The number of hydrogen-bond acceptors (Lipinski definition) is 5. The Kier molecular flexibility index (Phi) is 4.66. The molecule has 0 unspecified atom stereocenters. The van der Waals surface area contributed by atoms with Gasteiger partial charge in [0.1, 0.15) is 17.2 Å². The van der Waals surface area contributed by atoms with E-state index >= 15 is 0 Å². The number of fused-ring (bicyclic) bond motifs is 1. The summed E-state index contributed by atoms with van der Waals surface area (Å²) in [7, 11) is 4.69. The molecule has 148 valence electrons. The van der Waals surface area contributed by atoms with E-state index in [0.717, 1.165) is 29.7 Å². The molecule has 1 aliphatic rings. The second kappa shape index (κ2) is 7.14. The molecule has 1 N–H and O–H groups in total. The van der Waals surface area contributed by atoms with Crippen molar-refractivity contribution in [2.24, 2.45) is 0 Å². The van der Waals surface area contributed by atoms with Crippen LogP contribution in [0.5, 0.6) is 17.2 Å². The molecule has 0 saturated heterocycles. The van der Waals surface area contributed by atoms with Crippen LogP contribution in [0.25, 0.3) is 10.9 Å². The fourth-order valence-electron chi connectivity index (χ4n) is 3.51.